The van der Waals surface area contributed by atoms with E-state index in [1.165, 1.54) is 6.08 Å². The van der Waals surface area contributed by atoms with Crippen molar-refractivity contribution in [3.05, 3.63) is 48.0 Å². The fourth-order valence-corrected chi connectivity index (χ4v) is 9.06. The van der Waals surface area contributed by atoms with E-state index in [0.717, 1.165) is 56.1 Å². The molecule has 0 bridgehead atoms. The smallest absolute Gasteiger partial charge is 0.316 e. The quantitative estimate of drug-likeness (QED) is 0.174. The number of rotatable bonds is 14. The van der Waals surface area contributed by atoms with Crippen molar-refractivity contribution in [2.75, 3.05) is 13.1 Å². The van der Waals surface area contributed by atoms with Crippen molar-refractivity contribution in [3.63, 3.8) is 0 Å². The van der Waals surface area contributed by atoms with Gasteiger partial charge in [0.1, 0.15) is 12.1 Å². The number of piperidine rings is 1. The van der Waals surface area contributed by atoms with Crippen molar-refractivity contribution in [3.8, 4) is 0 Å². The van der Waals surface area contributed by atoms with Crippen LogP contribution in [0.1, 0.15) is 83.3 Å². The summed E-state index contributed by atoms with van der Waals surface area (Å²) in [6, 6.07) is 4.07. The number of carbonyl (C=O) groups is 6. The van der Waals surface area contributed by atoms with Crippen LogP contribution in [0.25, 0.3) is 0 Å². The van der Waals surface area contributed by atoms with E-state index in [1.807, 2.05) is 24.3 Å². The van der Waals surface area contributed by atoms with Crippen LogP contribution in [0.4, 0.5) is 4.79 Å². The number of fused-ring (bicyclic) bond motifs is 2. The Balaban J connectivity index is 1.23. The van der Waals surface area contributed by atoms with Crippen LogP contribution in [0.2, 0.25) is 0 Å². The van der Waals surface area contributed by atoms with Crippen molar-refractivity contribution in [2.24, 2.45) is 35.0 Å². The van der Waals surface area contributed by atoms with Crippen LogP contribution in [0.3, 0.4) is 0 Å². The Morgan fingerprint density at radius 3 is 2.14 bits per heavy atom. The molecule has 4 N–H and O–H groups in total. The summed E-state index contributed by atoms with van der Waals surface area (Å²) >= 11 is 0. The molecule has 4 aliphatic carbocycles. The zero-order chi connectivity index (χ0) is 35.7. The molecule has 1 aromatic rings. The average Bonchev–Trinajstić information content (AvgIpc) is 3.92. The van der Waals surface area contributed by atoms with Crippen molar-refractivity contribution in [2.45, 2.75) is 109 Å². The van der Waals surface area contributed by atoms with Gasteiger partial charge in [0, 0.05) is 19.0 Å². The molecular formula is C39H53N5O6. The van der Waals surface area contributed by atoms with Crippen molar-refractivity contribution < 1.29 is 28.8 Å². The second kappa shape index (κ2) is 14.7. The number of ketones is 2. The van der Waals surface area contributed by atoms with E-state index in [9.17, 15) is 28.8 Å². The molecule has 1 aromatic carbocycles. The molecule has 5 aliphatic rings. The van der Waals surface area contributed by atoms with Gasteiger partial charge in [-0.15, -0.1) is 6.58 Å². The van der Waals surface area contributed by atoms with Crippen LogP contribution >= 0.6 is 0 Å². The summed E-state index contributed by atoms with van der Waals surface area (Å²) in [5.74, 6) is -2.49. The maximum absolute atomic E-state index is 14.8. The Morgan fingerprint density at radius 2 is 1.54 bits per heavy atom. The molecule has 270 valence electrons. The number of hydrogen-bond acceptors (Lipinski definition) is 6. The third-order valence-corrected chi connectivity index (χ3v) is 12.2. The van der Waals surface area contributed by atoms with Gasteiger partial charge in [0.2, 0.25) is 17.6 Å². The van der Waals surface area contributed by atoms with Crippen LogP contribution in [0.5, 0.6) is 0 Å². The minimum absolute atomic E-state index is 0.00479. The minimum Gasteiger partial charge on any atom is -0.346 e. The van der Waals surface area contributed by atoms with Gasteiger partial charge in [0.05, 0.1) is 12.1 Å². The number of amides is 5. The molecule has 0 spiro atoms. The summed E-state index contributed by atoms with van der Waals surface area (Å²) in [6.07, 6.45) is 9.55. The van der Waals surface area contributed by atoms with Gasteiger partial charge < -0.3 is 26.2 Å². The van der Waals surface area contributed by atoms with E-state index in [0.29, 0.717) is 19.4 Å². The molecule has 6 atom stereocenters. The van der Waals surface area contributed by atoms with Crippen LogP contribution in [0.15, 0.2) is 36.9 Å². The topological polar surface area (TPSA) is 154 Å². The highest BCUT2D eigenvalue weighted by atomic mass is 16.2. The largest absolute Gasteiger partial charge is 0.346 e. The molecule has 0 aromatic heterocycles. The van der Waals surface area contributed by atoms with Gasteiger partial charge in [0.15, 0.2) is 5.78 Å². The van der Waals surface area contributed by atoms with Gasteiger partial charge in [-0.1, -0.05) is 70.4 Å². The van der Waals surface area contributed by atoms with Gasteiger partial charge in [0.25, 0.3) is 5.91 Å². The van der Waals surface area contributed by atoms with Gasteiger partial charge in [-0.05, 0) is 85.2 Å². The molecule has 6 rings (SSSR count). The van der Waals surface area contributed by atoms with Crippen LogP contribution in [0, 0.1) is 35.0 Å². The van der Waals surface area contributed by atoms with Crippen molar-refractivity contribution in [1.82, 2.24) is 26.2 Å². The molecule has 11 nitrogen and oxygen atoms in total. The second-order valence-electron chi connectivity index (χ2n) is 15.8. The Bertz CT molecular complexity index is 1510. The van der Waals surface area contributed by atoms with E-state index in [2.05, 4.69) is 41.7 Å². The first-order valence-corrected chi connectivity index (χ1v) is 18.7. The highest BCUT2D eigenvalue weighted by molar-refractivity contribution is 6.38. The van der Waals surface area contributed by atoms with E-state index in [1.54, 1.807) is 11.8 Å². The lowest BCUT2D eigenvalue weighted by atomic mass is 9.81. The Morgan fingerprint density at radius 1 is 0.900 bits per heavy atom. The van der Waals surface area contributed by atoms with Gasteiger partial charge in [-0.2, -0.15) is 0 Å². The van der Waals surface area contributed by atoms with Crippen LogP contribution < -0.4 is 21.3 Å². The maximum Gasteiger partial charge on any atom is 0.316 e. The number of carbonyl (C=O) groups excluding carboxylic acids is 6. The minimum atomic E-state index is -1.05. The molecule has 1 unspecified atom stereocenters. The third-order valence-electron chi connectivity index (χ3n) is 12.2. The molecular weight excluding hydrogens is 634 g/mol. The SMILES string of the molecule is C=CCNC(=O)C(=O)C(CC)NC(=O)[C@@H]1[C@@H]2[C@H](CN1C(=O)[C@@H](NC(=O)N[C@H](C(=O)C1CC1)C1CCCCC1)C1Cc3ccccc3C1)C2(C)C. The number of nitrogens with one attached hydrogen (secondary N) is 4. The number of urea groups is 1. The summed E-state index contributed by atoms with van der Waals surface area (Å²) in [5, 5.41) is 11.3. The van der Waals surface area contributed by atoms with Crippen molar-refractivity contribution >= 4 is 35.3 Å². The first-order valence-electron chi connectivity index (χ1n) is 18.7. The highest BCUT2D eigenvalue weighted by Gasteiger charge is 2.69. The lowest BCUT2D eigenvalue weighted by Crippen LogP contribution is -2.61. The monoisotopic (exact) mass is 687 g/mol. The predicted molar refractivity (Wildman–Crippen MR) is 188 cm³/mol. The molecule has 1 heterocycles. The average molecular weight is 688 g/mol. The fourth-order valence-electron chi connectivity index (χ4n) is 9.06. The molecule has 50 heavy (non-hydrogen) atoms. The first-order chi connectivity index (χ1) is 24.0. The predicted octanol–water partition coefficient (Wildman–Crippen LogP) is 3.25. The molecule has 1 saturated heterocycles. The second-order valence-corrected chi connectivity index (χ2v) is 15.8. The van der Waals surface area contributed by atoms with Crippen LogP contribution in [-0.4, -0.2) is 77.5 Å². The lowest BCUT2D eigenvalue weighted by molar-refractivity contribution is -0.144. The first kappa shape index (κ1) is 35.8. The summed E-state index contributed by atoms with van der Waals surface area (Å²) < 4.78 is 0. The number of Topliss-reactive ketones (excluding diaryl/α,β-unsaturated/α-hetero) is 2. The molecule has 1 aliphatic heterocycles. The fraction of sp³-hybridized carbons (Fsp3) is 0.641. The maximum atomic E-state index is 14.8. The number of nitrogens with zero attached hydrogens (tertiary/aromatic N) is 1. The Labute approximate surface area is 295 Å². The molecule has 11 heteroatoms. The molecule has 4 fully saturated rings. The zero-order valence-corrected chi connectivity index (χ0v) is 29.7. The highest BCUT2D eigenvalue weighted by Crippen LogP contribution is 2.65. The van der Waals surface area contributed by atoms with E-state index >= 15 is 0 Å². The standard InChI is InChI=1S/C39H53N5O6/c1-5-18-40-36(48)34(46)28(6-2)41-35(47)32-29-27(39(29,3)4)21-44(32)37(49)31(26-19-24-14-10-11-15-25(24)20-26)43-38(50)42-30(33(45)23-16-17-23)22-12-8-7-9-13-22/h5,10-11,14-15,22-23,26-32H,1,6-9,12-13,16-21H2,2-4H3,(H,40,48)(H,41,47)(H2,42,43,50)/t27-,28?,29-,30-,31-,32-/m0/s1. The van der Waals surface area contributed by atoms with Crippen molar-refractivity contribution in [1.29, 1.82) is 0 Å². The summed E-state index contributed by atoms with van der Waals surface area (Å²) in [5.41, 5.74) is 2.06. The summed E-state index contributed by atoms with van der Waals surface area (Å²) in [6.45, 7) is 9.91. The molecule has 3 saturated carbocycles. The van der Waals surface area contributed by atoms with Crippen LogP contribution in [-0.2, 0) is 36.8 Å². The van der Waals surface area contributed by atoms with Gasteiger partial charge >= 0.3 is 6.03 Å². The summed E-state index contributed by atoms with van der Waals surface area (Å²) in [7, 11) is 0. The number of benzene rings is 1. The number of likely N-dealkylation sites (tertiary alicyclic amines) is 1. The van der Waals surface area contributed by atoms with E-state index < -0.39 is 47.8 Å². The summed E-state index contributed by atoms with van der Waals surface area (Å²) in [4.78, 5) is 83.1. The third kappa shape index (κ3) is 7.23. The Kier molecular flexibility index (Phi) is 10.5. The van der Waals surface area contributed by atoms with E-state index in [-0.39, 0.29) is 59.7 Å². The number of hydrogen-bond donors (Lipinski definition) is 4. The zero-order valence-electron chi connectivity index (χ0n) is 29.7. The lowest BCUT2D eigenvalue weighted by Gasteiger charge is -2.36. The molecule has 5 amide bonds. The van der Waals surface area contributed by atoms with Gasteiger partial charge in [-0.3, -0.25) is 24.0 Å². The van der Waals surface area contributed by atoms with E-state index in [4.69, 9.17) is 0 Å². The van der Waals surface area contributed by atoms with Gasteiger partial charge in [-0.25, -0.2) is 4.79 Å². The Hall–Kier alpha value is -4.02. The molecule has 0 radical (unpaired) electrons. The normalized spacial score (nSPS) is 25.7.